The van der Waals surface area contributed by atoms with Gasteiger partial charge in [0.05, 0.1) is 5.52 Å². The van der Waals surface area contributed by atoms with Gasteiger partial charge in [-0.3, -0.25) is 4.98 Å². The second-order valence-electron chi connectivity index (χ2n) is 6.55. The van der Waals surface area contributed by atoms with Crippen molar-refractivity contribution in [3.05, 3.63) is 92.9 Å². The van der Waals surface area contributed by atoms with Crippen LogP contribution in [-0.2, 0) is 16.1 Å². The zero-order chi connectivity index (χ0) is 20.4. The second-order valence-corrected chi connectivity index (χ2v) is 6.96. The predicted octanol–water partition coefficient (Wildman–Crippen LogP) is 5.06. The number of hydrogen-bond donors (Lipinski definition) is 0. The third kappa shape index (κ3) is 4.05. The Bertz CT molecular complexity index is 1320. The fourth-order valence-electron chi connectivity index (χ4n) is 3.08. The molecule has 2 aromatic carbocycles. The average molecular weight is 406 g/mol. The summed E-state index contributed by atoms with van der Waals surface area (Å²) >= 11 is 6.18. The van der Waals surface area contributed by atoms with Crippen LogP contribution in [0, 0.1) is 6.92 Å². The number of pyridine rings is 1. The van der Waals surface area contributed by atoms with Gasteiger partial charge in [0.2, 0.25) is 0 Å². The number of aromatic nitrogens is 1. The van der Waals surface area contributed by atoms with Crippen molar-refractivity contribution in [1.29, 1.82) is 0 Å². The highest BCUT2D eigenvalue weighted by Gasteiger charge is 2.10. The summed E-state index contributed by atoms with van der Waals surface area (Å²) in [6.45, 7) is 1.75. The van der Waals surface area contributed by atoms with Crippen LogP contribution in [0.25, 0.3) is 27.9 Å². The van der Waals surface area contributed by atoms with E-state index in [1.165, 1.54) is 12.1 Å². The monoisotopic (exact) mass is 405 g/mol. The molecule has 0 radical (unpaired) electrons. The first-order valence-electron chi connectivity index (χ1n) is 8.93. The molecule has 0 saturated carbocycles. The number of hydrogen-bond acceptors (Lipinski definition) is 5. The van der Waals surface area contributed by atoms with Crippen molar-refractivity contribution in [2.75, 3.05) is 0 Å². The van der Waals surface area contributed by atoms with Gasteiger partial charge >= 0.3 is 11.6 Å². The van der Waals surface area contributed by atoms with Crippen LogP contribution >= 0.6 is 11.6 Å². The van der Waals surface area contributed by atoms with E-state index in [4.69, 9.17) is 20.8 Å². The second kappa shape index (κ2) is 7.89. The van der Waals surface area contributed by atoms with Crippen molar-refractivity contribution in [1.82, 2.24) is 4.98 Å². The first-order valence-corrected chi connectivity index (χ1v) is 9.30. The molecule has 5 nitrogen and oxygen atoms in total. The van der Waals surface area contributed by atoms with Crippen molar-refractivity contribution in [2.45, 2.75) is 13.5 Å². The molecule has 29 heavy (non-hydrogen) atoms. The Balaban J connectivity index is 1.55. The number of carbonyl (C=O) groups is 1. The lowest BCUT2D eigenvalue weighted by molar-refractivity contribution is -0.138. The van der Waals surface area contributed by atoms with Gasteiger partial charge in [-0.05, 0) is 36.8 Å². The summed E-state index contributed by atoms with van der Waals surface area (Å²) in [5.74, 6) is -0.530. The molecular formula is C23H16ClNO4. The van der Waals surface area contributed by atoms with Crippen LogP contribution in [0.1, 0.15) is 16.7 Å². The summed E-state index contributed by atoms with van der Waals surface area (Å²) in [4.78, 5) is 28.4. The summed E-state index contributed by atoms with van der Waals surface area (Å²) in [7, 11) is 0. The number of rotatable bonds is 4. The lowest BCUT2D eigenvalue weighted by atomic mass is 10.1. The molecule has 4 aromatic rings. The van der Waals surface area contributed by atoms with Crippen LogP contribution in [0.2, 0.25) is 5.02 Å². The Morgan fingerprint density at radius 3 is 2.90 bits per heavy atom. The van der Waals surface area contributed by atoms with Gasteiger partial charge in [0.15, 0.2) is 0 Å². The maximum absolute atomic E-state index is 12.2. The number of esters is 1. The van der Waals surface area contributed by atoms with Crippen LogP contribution < -0.4 is 5.63 Å². The topological polar surface area (TPSA) is 69.4 Å². The van der Waals surface area contributed by atoms with Gasteiger partial charge in [-0.25, -0.2) is 9.59 Å². The number of benzene rings is 2. The molecule has 0 fully saturated rings. The molecular weight excluding hydrogens is 390 g/mol. The zero-order valence-electron chi connectivity index (χ0n) is 15.5. The summed E-state index contributed by atoms with van der Waals surface area (Å²) in [6.07, 6.45) is 4.71. The molecule has 144 valence electrons. The summed E-state index contributed by atoms with van der Waals surface area (Å²) in [5.41, 5.74) is 2.84. The number of nitrogens with zero attached hydrogens (tertiary/aromatic N) is 1. The number of aryl methyl sites for hydroxylation is 1. The fourth-order valence-corrected chi connectivity index (χ4v) is 3.25. The van der Waals surface area contributed by atoms with Crippen LogP contribution in [-0.4, -0.2) is 11.0 Å². The van der Waals surface area contributed by atoms with Gasteiger partial charge in [0, 0.05) is 45.3 Å². The lowest BCUT2D eigenvalue weighted by Gasteiger charge is -2.07. The van der Waals surface area contributed by atoms with Crippen molar-refractivity contribution >= 4 is 45.5 Å². The van der Waals surface area contributed by atoms with Gasteiger partial charge in [0.25, 0.3) is 0 Å². The molecule has 0 saturated heterocycles. The van der Waals surface area contributed by atoms with E-state index in [1.807, 2.05) is 37.3 Å². The fraction of sp³-hybridized carbons (Fsp3) is 0.0870. The summed E-state index contributed by atoms with van der Waals surface area (Å²) < 4.78 is 10.5. The molecule has 0 aliphatic carbocycles. The highest BCUT2D eigenvalue weighted by molar-refractivity contribution is 6.32. The normalized spacial score (nSPS) is 11.4. The van der Waals surface area contributed by atoms with E-state index in [-0.39, 0.29) is 6.61 Å². The molecule has 0 amide bonds. The minimum absolute atomic E-state index is 0.0710. The van der Waals surface area contributed by atoms with Gasteiger partial charge in [-0.2, -0.15) is 0 Å². The average Bonchev–Trinajstić information content (AvgIpc) is 2.71. The Morgan fingerprint density at radius 1 is 1.21 bits per heavy atom. The van der Waals surface area contributed by atoms with Gasteiger partial charge in [-0.1, -0.05) is 35.9 Å². The van der Waals surface area contributed by atoms with E-state index in [0.29, 0.717) is 21.6 Å². The summed E-state index contributed by atoms with van der Waals surface area (Å²) in [5, 5.41) is 2.16. The highest BCUT2D eigenvalue weighted by Crippen LogP contribution is 2.25. The Morgan fingerprint density at radius 2 is 2.03 bits per heavy atom. The first-order chi connectivity index (χ1) is 14.0. The quantitative estimate of drug-likeness (QED) is 0.269. The smallest absolute Gasteiger partial charge is 0.336 e. The third-order valence-corrected chi connectivity index (χ3v) is 4.95. The minimum Gasteiger partial charge on any atom is -0.458 e. The van der Waals surface area contributed by atoms with E-state index in [9.17, 15) is 9.59 Å². The SMILES string of the molecule is Cc1cc2oc(=O)cc(COC(=O)/C=C/c3cccc4cccnc34)c2cc1Cl. The van der Waals surface area contributed by atoms with E-state index in [0.717, 1.165) is 22.0 Å². The third-order valence-electron chi connectivity index (χ3n) is 4.54. The number of halogens is 1. The van der Waals surface area contributed by atoms with Crippen LogP contribution in [0.4, 0.5) is 0 Å². The molecule has 0 N–H and O–H groups in total. The molecule has 0 atom stereocenters. The van der Waals surface area contributed by atoms with Crippen molar-refractivity contribution < 1.29 is 13.9 Å². The molecule has 0 bridgehead atoms. The number of ether oxygens (including phenoxy) is 1. The zero-order valence-corrected chi connectivity index (χ0v) is 16.3. The van der Waals surface area contributed by atoms with Gasteiger partial charge in [-0.15, -0.1) is 0 Å². The predicted molar refractivity (Wildman–Crippen MR) is 113 cm³/mol. The Kier molecular flexibility index (Phi) is 5.14. The van der Waals surface area contributed by atoms with Crippen molar-refractivity contribution in [2.24, 2.45) is 0 Å². The van der Waals surface area contributed by atoms with E-state index in [1.54, 1.807) is 24.4 Å². The maximum atomic E-state index is 12.2. The van der Waals surface area contributed by atoms with E-state index >= 15 is 0 Å². The molecule has 0 aliphatic heterocycles. The molecule has 2 aromatic heterocycles. The number of para-hydroxylation sites is 1. The van der Waals surface area contributed by atoms with Crippen LogP contribution in [0.3, 0.4) is 0 Å². The number of fused-ring (bicyclic) bond motifs is 2. The highest BCUT2D eigenvalue weighted by atomic mass is 35.5. The largest absolute Gasteiger partial charge is 0.458 e. The Hall–Kier alpha value is -3.44. The van der Waals surface area contributed by atoms with Gasteiger partial charge < -0.3 is 9.15 Å². The Labute approximate surface area is 171 Å². The minimum atomic E-state index is -0.530. The van der Waals surface area contributed by atoms with Crippen molar-refractivity contribution in [3.8, 4) is 0 Å². The maximum Gasteiger partial charge on any atom is 0.336 e. The molecule has 0 unspecified atom stereocenters. The van der Waals surface area contributed by atoms with Gasteiger partial charge in [0.1, 0.15) is 12.2 Å². The number of carbonyl (C=O) groups excluding carboxylic acids is 1. The van der Waals surface area contributed by atoms with Crippen molar-refractivity contribution in [3.63, 3.8) is 0 Å². The molecule has 0 spiro atoms. The van der Waals surface area contributed by atoms with Crippen LogP contribution in [0.5, 0.6) is 0 Å². The molecule has 0 aliphatic rings. The standard InChI is InChI=1S/C23H16ClNO4/c1-14-10-20-18(12-19(14)24)17(11-22(27)29-20)13-28-21(26)8-7-16-5-2-4-15-6-3-9-25-23(15)16/h2-12H,13H2,1H3/b8-7+. The van der Waals surface area contributed by atoms with Crippen LogP contribution in [0.15, 0.2) is 70.0 Å². The molecule has 6 heteroatoms. The summed E-state index contributed by atoms with van der Waals surface area (Å²) in [6, 6.07) is 14.2. The van der Waals surface area contributed by atoms with E-state index in [2.05, 4.69) is 4.98 Å². The first kappa shape index (κ1) is 18.9. The molecule has 2 heterocycles. The van der Waals surface area contributed by atoms with E-state index < -0.39 is 11.6 Å². The lowest BCUT2D eigenvalue weighted by Crippen LogP contribution is -2.06. The molecule has 4 rings (SSSR count).